The molecule has 0 spiro atoms. The molecule has 10 heteroatoms. The molecule has 9 nitrogen and oxygen atoms in total. The fourth-order valence-electron chi connectivity index (χ4n) is 3.48. The summed E-state index contributed by atoms with van der Waals surface area (Å²) in [6, 6.07) is 6.18. The summed E-state index contributed by atoms with van der Waals surface area (Å²) in [5.41, 5.74) is 1.80. The fourth-order valence-corrected chi connectivity index (χ4v) is 3.48. The molecular weight excluding hydrogens is 427 g/mol. The predicted octanol–water partition coefficient (Wildman–Crippen LogP) is 3.56. The Morgan fingerprint density at radius 3 is 2.76 bits per heavy atom. The highest BCUT2D eigenvalue weighted by Gasteiger charge is 2.30. The monoisotopic (exact) mass is 452 g/mol. The highest BCUT2D eigenvalue weighted by molar-refractivity contribution is 6.05. The Hall–Kier alpha value is -3.95. The van der Waals surface area contributed by atoms with Crippen LogP contribution in [0.5, 0.6) is 5.75 Å². The second-order valence-corrected chi connectivity index (χ2v) is 8.62. The number of aromatic nitrogens is 3. The molecule has 0 saturated carbocycles. The number of anilines is 3. The first kappa shape index (κ1) is 22.3. The van der Waals surface area contributed by atoms with Crippen LogP contribution in [0.15, 0.2) is 36.7 Å². The van der Waals surface area contributed by atoms with Crippen LogP contribution in [-0.4, -0.2) is 40.2 Å². The van der Waals surface area contributed by atoms with E-state index in [-0.39, 0.29) is 17.6 Å². The number of carbonyl (C=O) groups is 2. The van der Waals surface area contributed by atoms with Crippen LogP contribution in [0.25, 0.3) is 11.3 Å². The maximum Gasteiger partial charge on any atom is 0.271 e. The van der Waals surface area contributed by atoms with Gasteiger partial charge in [0.15, 0.2) is 11.6 Å². The molecule has 3 heterocycles. The molecule has 0 saturated heterocycles. The van der Waals surface area contributed by atoms with Gasteiger partial charge in [0, 0.05) is 23.7 Å². The minimum Gasteiger partial charge on any atom is -0.492 e. The highest BCUT2D eigenvalue weighted by atomic mass is 19.1. The van der Waals surface area contributed by atoms with Crippen LogP contribution in [0.3, 0.4) is 0 Å². The molecule has 3 N–H and O–H groups in total. The molecule has 4 rings (SSSR count). The molecular formula is C23H25FN6O3. The van der Waals surface area contributed by atoms with Crippen LogP contribution in [0.2, 0.25) is 0 Å². The third-order valence-corrected chi connectivity index (χ3v) is 5.21. The first-order chi connectivity index (χ1) is 15.7. The normalized spacial score (nSPS) is 13.2. The number of methoxy groups -OCH3 is 1. The van der Waals surface area contributed by atoms with Gasteiger partial charge in [-0.3, -0.25) is 19.3 Å². The lowest BCUT2D eigenvalue weighted by Crippen LogP contribution is -2.35. The zero-order valence-corrected chi connectivity index (χ0v) is 18.8. The third-order valence-electron chi connectivity index (χ3n) is 5.21. The summed E-state index contributed by atoms with van der Waals surface area (Å²) in [4.78, 5) is 29.6. The number of ether oxygens (including phenoxy) is 1. The number of rotatable bonds is 5. The first-order valence-electron chi connectivity index (χ1n) is 10.4. The molecule has 0 aliphatic carbocycles. The third kappa shape index (κ3) is 4.23. The molecule has 0 radical (unpaired) electrons. The van der Waals surface area contributed by atoms with Gasteiger partial charge in [-0.15, -0.1) is 0 Å². The van der Waals surface area contributed by atoms with Gasteiger partial charge in [-0.05, 0) is 18.2 Å². The Bertz CT molecular complexity index is 1230. The van der Waals surface area contributed by atoms with Crippen LogP contribution < -0.4 is 20.7 Å². The zero-order valence-electron chi connectivity index (χ0n) is 18.8. The molecule has 0 fully saturated rings. The number of carbonyl (C=O) groups excluding carboxylic acids is 2. The fraction of sp³-hybridized carbons (Fsp3) is 0.304. The number of hydrogen-bond acceptors (Lipinski definition) is 6. The van der Waals surface area contributed by atoms with E-state index in [1.807, 2.05) is 0 Å². The highest BCUT2D eigenvalue weighted by Crippen LogP contribution is 2.39. The molecule has 1 aliphatic rings. The Kier molecular flexibility index (Phi) is 5.75. The van der Waals surface area contributed by atoms with Gasteiger partial charge >= 0.3 is 0 Å². The summed E-state index contributed by atoms with van der Waals surface area (Å²) in [6.07, 6.45) is 3.11. The zero-order chi connectivity index (χ0) is 23.8. The summed E-state index contributed by atoms with van der Waals surface area (Å²) in [5, 5.41) is 13.5. The topological polar surface area (TPSA) is 110 Å². The second-order valence-electron chi connectivity index (χ2n) is 8.62. The summed E-state index contributed by atoms with van der Waals surface area (Å²) >= 11 is 0. The maximum absolute atomic E-state index is 14.3. The van der Waals surface area contributed by atoms with Crippen molar-refractivity contribution in [2.75, 3.05) is 24.3 Å². The standard InChI is InChI=1S/C23H25FN6O3/c1-23(2,3)22(32)28-16-12-25-9-8-13(16)17-18(19-21(31)26-10-11-30(19)29-17)27-15-7-5-6-14(24)20(15)33-4/h5-9,12,27H,10-11H2,1-4H3,(H,26,31)(H,28,32). The number of halogens is 1. The van der Waals surface area contributed by atoms with E-state index in [1.165, 1.54) is 25.4 Å². The minimum absolute atomic E-state index is 0.00982. The molecule has 1 aliphatic heterocycles. The average Bonchev–Trinajstić information content (AvgIpc) is 3.13. The van der Waals surface area contributed by atoms with E-state index >= 15 is 0 Å². The number of nitrogens with zero attached hydrogens (tertiary/aromatic N) is 3. The number of para-hydroxylation sites is 1. The molecule has 0 atom stereocenters. The van der Waals surface area contributed by atoms with Crippen molar-refractivity contribution in [2.24, 2.45) is 5.41 Å². The van der Waals surface area contributed by atoms with Crippen molar-refractivity contribution in [3.05, 3.63) is 48.2 Å². The lowest BCUT2D eigenvalue weighted by atomic mass is 9.95. The van der Waals surface area contributed by atoms with Gasteiger partial charge in [0.1, 0.15) is 11.4 Å². The van der Waals surface area contributed by atoms with E-state index in [0.717, 1.165) is 0 Å². The quantitative estimate of drug-likeness (QED) is 0.546. The molecule has 2 amide bonds. The second kappa shape index (κ2) is 8.53. The van der Waals surface area contributed by atoms with E-state index in [9.17, 15) is 14.0 Å². The summed E-state index contributed by atoms with van der Waals surface area (Å²) in [5.74, 6) is -1.04. The van der Waals surface area contributed by atoms with Crippen molar-refractivity contribution in [3.63, 3.8) is 0 Å². The van der Waals surface area contributed by atoms with Gasteiger partial charge in [-0.25, -0.2) is 4.39 Å². The molecule has 0 bridgehead atoms. The minimum atomic E-state index is -0.629. The summed E-state index contributed by atoms with van der Waals surface area (Å²) in [6.45, 7) is 6.31. The van der Waals surface area contributed by atoms with Gasteiger partial charge in [0.05, 0.1) is 36.9 Å². The Morgan fingerprint density at radius 1 is 1.24 bits per heavy atom. The van der Waals surface area contributed by atoms with Gasteiger partial charge in [-0.1, -0.05) is 26.8 Å². The largest absolute Gasteiger partial charge is 0.492 e. The van der Waals surface area contributed by atoms with Crippen LogP contribution in [0.1, 0.15) is 31.3 Å². The Morgan fingerprint density at radius 2 is 2.03 bits per heavy atom. The van der Waals surface area contributed by atoms with Gasteiger partial charge in [-0.2, -0.15) is 5.10 Å². The smallest absolute Gasteiger partial charge is 0.271 e. The Labute approximate surface area is 190 Å². The first-order valence-corrected chi connectivity index (χ1v) is 10.4. The number of hydrogen-bond donors (Lipinski definition) is 3. The van der Waals surface area contributed by atoms with E-state index in [0.29, 0.717) is 47.1 Å². The molecule has 172 valence electrons. The van der Waals surface area contributed by atoms with Crippen LogP contribution in [0, 0.1) is 11.2 Å². The van der Waals surface area contributed by atoms with Crippen molar-refractivity contribution in [1.29, 1.82) is 0 Å². The molecule has 3 aromatic rings. The molecule has 33 heavy (non-hydrogen) atoms. The predicted molar refractivity (Wildman–Crippen MR) is 122 cm³/mol. The number of nitrogens with one attached hydrogen (secondary N) is 3. The number of fused-ring (bicyclic) bond motifs is 1. The summed E-state index contributed by atoms with van der Waals surface area (Å²) < 4.78 is 21.1. The van der Waals surface area contributed by atoms with E-state index in [2.05, 4.69) is 26.0 Å². The van der Waals surface area contributed by atoms with Crippen molar-refractivity contribution < 1.29 is 18.7 Å². The number of pyridine rings is 1. The van der Waals surface area contributed by atoms with E-state index < -0.39 is 11.2 Å². The number of amides is 2. The van der Waals surface area contributed by atoms with Crippen molar-refractivity contribution in [2.45, 2.75) is 27.3 Å². The van der Waals surface area contributed by atoms with Crippen LogP contribution in [0.4, 0.5) is 21.5 Å². The summed E-state index contributed by atoms with van der Waals surface area (Å²) in [7, 11) is 1.37. The van der Waals surface area contributed by atoms with E-state index in [4.69, 9.17) is 4.74 Å². The molecule has 0 unspecified atom stereocenters. The van der Waals surface area contributed by atoms with Gasteiger partial charge < -0.3 is 20.7 Å². The van der Waals surface area contributed by atoms with Crippen molar-refractivity contribution in [1.82, 2.24) is 20.1 Å². The van der Waals surface area contributed by atoms with Gasteiger partial charge in [0.2, 0.25) is 5.91 Å². The Balaban J connectivity index is 1.87. The molecule has 1 aromatic carbocycles. The SMILES string of the molecule is COc1c(F)cccc1Nc1c(-c2ccncc2NC(=O)C(C)(C)C)nn2c1C(=O)NCC2. The lowest BCUT2D eigenvalue weighted by Gasteiger charge is -2.19. The maximum atomic E-state index is 14.3. The van der Waals surface area contributed by atoms with Crippen LogP contribution >= 0.6 is 0 Å². The lowest BCUT2D eigenvalue weighted by molar-refractivity contribution is -0.123. The number of benzene rings is 1. The van der Waals surface area contributed by atoms with E-state index in [1.54, 1.807) is 43.8 Å². The van der Waals surface area contributed by atoms with Crippen molar-refractivity contribution in [3.8, 4) is 17.0 Å². The van der Waals surface area contributed by atoms with Gasteiger partial charge in [0.25, 0.3) is 5.91 Å². The molecule has 2 aromatic heterocycles. The average molecular weight is 452 g/mol. The van der Waals surface area contributed by atoms with Crippen molar-refractivity contribution >= 4 is 28.9 Å². The van der Waals surface area contributed by atoms with Crippen LogP contribution in [-0.2, 0) is 11.3 Å².